The van der Waals surface area contributed by atoms with E-state index in [0.29, 0.717) is 18.1 Å². The van der Waals surface area contributed by atoms with E-state index in [2.05, 4.69) is 13.0 Å². The van der Waals surface area contributed by atoms with Gasteiger partial charge in [-0.1, -0.05) is 19.1 Å². The van der Waals surface area contributed by atoms with Crippen molar-refractivity contribution in [2.24, 2.45) is 11.7 Å². The van der Waals surface area contributed by atoms with Crippen LogP contribution in [0.2, 0.25) is 0 Å². The summed E-state index contributed by atoms with van der Waals surface area (Å²) in [5.41, 5.74) is 5.20. The molecule has 0 amide bonds. The van der Waals surface area contributed by atoms with Crippen molar-refractivity contribution in [3.63, 3.8) is 0 Å². The van der Waals surface area contributed by atoms with Gasteiger partial charge in [0.1, 0.15) is 12.1 Å². The fourth-order valence-electron chi connectivity index (χ4n) is 1.94. The molecule has 0 radical (unpaired) electrons. The van der Waals surface area contributed by atoms with Crippen molar-refractivity contribution in [3.05, 3.63) is 24.3 Å². The van der Waals surface area contributed by atoms with Gasteiger partial charge in [-0.25, -0.2) is 0 Å². The summed E-state index contributed by atoms with van der Waals surface area (Å²) in [6, 6.07) is 9.68. The van der Waals surface area contributed by atoms with Crippen LogP contribution in [0.4, 0.5) is 0 Å². The van der Waals surface area contributed by atoms with Gasteiger partial charge >= 0.3 is 0 Å². The second-order valence-corrected chi connectivity index (χ2v) is 5.01. The first-order chi connectivity index (χ1) is 9.19. The predicted octanol–water partition coefficient (Wildman–Crippen LogP) is 2.49. The summed E-state index contributed by atoms with van der Waals surface area (Å²) in [4.78, 5) is 0. The maximum atomic E-state index is 9.20. The van der Waals surface area contributed by atoms with Crippen molar-refractivity contribution in [2.45, 2.75) is 31.7 Å². The van der Waals surface area contributed by atoms with Gasteiger partial charge in [0.05, 0.1) is 12.7 Å². The highest BCUT2D eigenvalue weighted by Crippen LogP contribution is 2.38. The Kier molecular flexibility index (Phi) is 4.28. The van der Waals surface area contributed by atoms with Crippen LogP contribution in [0.1, 0.15) is 26.2 Å². The summed E-state index contributed by atoms with van der Waals surface area (Å²) < 4.78 is 11.3. The van der Waals surface area contributed by atoms with Gasteiger partial charge < -0.3 is 15.2 Å². The summed E-state index contributed by atoms with van der Waals surface area (Å²) in [6.07, 6.45) is 2.97. The Balaban J connectivity index is 2.00. The van der Waals surface area contributed by atoms with Crippen molar-refractivity contribution in [2.75, 3.05) is 13.2 Å². The number of hydrogen-bond acceptors (Lipinski definition) is 4. The molecule has 4 heteroatoms. The van der Waals surface area contributed by atoms with Gasteiger partial charge in [-0.15, -0.1) is 0 Å². The minimum Gasteiger partial charge on any atom is -0.490 e. The van der Waals surface area contributed by atoms with Crippen molar-refractivity contribution >= 4 is 0 Å². The van der Waals surface area contributed by atoms with Crippen LogP contribution in [0, 0.1) is 17.2 Å². The Morgan fingerprint density at radius 3 is 2.47 bits per heavy atom. The van der Waals surface area contributed by atoms with Gasteiger partial charge in [-0.05, 0) is 37.3 Å². The number of hydrogen-bond donors (Lipinski definition) is 1. The highest BCUT2D eigenvalue weighted by molar-refractivity contribution is 5.39. The smallest absolute Gasteiger partial charge is 0.161 e. The predicted molar refractivity (Wildman–Crippen MR) is 73.0 cm³/mol. The highest BCUT2D eigenvalue weighted by atomic mass is 16.5. The Hall–Kier alpha value is -1.73. The Morgan fingerprint density at radius 2 is 1.95 bits per heavy atom. The van der Waals surface area contributed by atoms with Gasteiger partial charge in [0.25, 0.3) is 0 Å². The molecule has 1 fully saturated rings. The molecular weight excluding hydrogens is 240 g/mol. The van der Waals surface area contributed by atoms with Gasteiger partial charge in [0, 0.05) is 0 Å². The summed E-state index contributed by atoms with van der Waals surface area (Å²) in [7, 11) is 0. The Morgan fingerprint density at radius 1 is 1.32 bits per heavy atom. The zero-order chi connectivity index (χ0) is 13.7. The zero-order valence-corrected chi connectivity index (χ0v) is 11.3. The summed E-state index contributed by atoms with van der Waals surface area (Å²) in [5, 5.41) is 9.20. The second kappa shape index (κ2) is 5.94. The highest BCUT2D eigenvalue weighted by Gasteiger charge is 2.43. The van der Waals surface area contributed by atoms with Gasteiger partial charge in [-0.2, -0.15) is 5.26 Å². The molecule has 1 saturated carbocycles. The minimum atomic E-state index is -0.877. The van der Waals surface area contributed by atoms with Crippen molar-refractivity contribution in [1.29, 1.82) is 5.26 Å². The molecular formula is C15H20N2O2. The van der Waals surface area contributed by atoms with E-state index in [1.54, 1.807) is 0 Å². The van der Waals surface area contributed by atoms with E-state index in [-0.39, 0.29) is 12.5 Å². The number of nitriles is 1. The van der Waals surface area contributed by atoms with Crippen LogP contribution in [0.15, 0.2) is 24.3 Å². The summed E-state index contributed by atoms with van der Waals surface area (Å²) >= 11 is 0. The number of nitrogens with zero attached hydrogens (tertiary/aromatic N) is 1. The van der Waals surface area contributed by atoms with E-state index in [9.17, 15) is 5.26 Å². The molecule has 1 aromatic rings. The fourth-order valence-corrected chi connectivity index (χ4v) is 1.94. The van der Waals surface area contributed by atoms with Crippen molar-refractivity contribution in [1.82, 2.24) is 0 Å². The largest absolute Gasteiger partial charge is 0.490 e. The molecule has 102 valence electrons. The van der Waals surface area contributed by atoms with E-state index in [4.69, 9.17) is 15.2 Å². The van der Waals surface area contributed by atoms with Gasteiger partial charge in [0.15, 0.2) is 11.5 Å². The molecule has 0 bridgehead atoms. The molecule has 4 nitrogen and oxygen atoms in total. The Bertz CT molecular complexity index is 465. The molecule has 1 aliphatic carbocycles. The van der Waals surface area contributed by atoms with Crippen LogP contribution in [0.5, 0.6) is 11.5 Å². The molecule has 0 aliphatic heterocycles. The summed E-state index contributed by atoms with van der Waals surface area (Å²) in [5.74, 6) is 1.63. The molecule has 1 aliphatic rings. The molecule has 19 heavy (non-hydrogen) atoms. The third-order valence-electron chi connectivity index (χ3n) is 3.29. The van der Waals surface area contributed by atoms with E-state index in [1.165, 1.54) is 0 Å². The minimum absolute atomic E-state index is 0.209. The van der Waals surface area contributed by atoms with Crippen LogP contribution < -0.4 is 15.2 Å². The first kappa shape index (κ1) is 13.7. The number of para-hydroxylation sites is 2. The second-order valence-electron chi connectivity index (χ2n) is 5.01. The van der Waals surface area contributed by atoms with E-state index < -0.39 is 5.54 Å². The van der Waals surface area contributed by atoms with Gasteiger partial charge in [-0.3, -0.25) is 0 Å². The lowest BCUT2D eigenvalue weighted by Crippen LogP contribution is -2.46. The average molecular weight is 260 g/mol. The first-order valence-corrected chi connectivity index (χ1v) is 6.74. The molecule has 0 saturated heterocycles. The molecule has 0 aromatic heterocycles. The third kappa shape index (κ3) is 3.39. The summed E-state index contributed by atoms with van der Waals surface area (Å²) in [6.45, 7) is 2.91. The van der Waals surface area contributed by atoms with E-state index >= 15 is 0 Å². The number of rotatable bonds is 7. The maximum Gasteiger partial charge on any atom is 0.161 e. The average Bonchev–Trinajstić information content (AvgIpc) is 3.28. The van der Waals surface area contributed by atoms with E-state index in [0.717, 1.165) is 19.3 Å². The van der Waals surface area contributed by atoms with Crippen molar-refractivity contribution < 1.29 is 9.47 Å². The number of nitrogens with two attached hydrogens (primary N) is 1. The van der Waals surface area contributed by atoms with Crippen molar-refractivity contribution in [3.8, 4) is 17.6 Å². The van der Waals surface area contributed by atoms with Crippen LogP contribution in [0.25, 0.3) is 0 Å². The van der Waals surface area contributed by atoms with E-state index in [1.807, 2.05) is 24.3 Å². The topological polar surface area (TPSA) is 68.3 Å². The third-order valence-corrected chi connectivity index (χ3v) is 3.29. The van der Waals surface area contributed by atoms with Crippen LogP contribution >= 0.6 is 0 Å². The lowest BCUT2D eigenvalue weighted by atomic mass is 9.98. The molecule has 2 N–H and O–H groups in total. The first-order valence-electron chi connectivity index (χ1n) is 6.74. The fraction of sp³-hybridized carbons (Fsp3) is 0.533. The molecule has 1 atom stereocenters. The molecule has 1 unspecified atom stereocenters. The molecule has 0 spiro atoms. The van der Waals surface area contributed by atoms with Gasteiger partial charge in [0.2, 0.25) is 0 Å². The monoisotopic (exact) mass is 260 g/mol. The number of benzene rings is 1. The quantitative estimate of drug-likeness (QED) is 0.817. The maximum absolute atomic E-state index is 9.20. The van der Waals surface area contributed by atoms with Crippen LogP contribution in [0.3, 0.4) is 0 Å². The zero-order valence-electron chi connectivity index (χ0n) is 11.3. The lowest BCUT2D eigenvalue weighted by molar-refractivity contribution is 0.220. The molecule has 2 rings (SSSR count). The Labute approximate surface area is 114 Å². The SMILES string of the molecule is CCCOc1ccccc1OCC(N)(C#N)C1CC1. The van der Waals surface area contributed by atoms with Crippen LogP contribution in [-0.4, -0.2) is 18.8 Å². The van der Waals surface area contributed by atoms with Crippen LogP contribution in [-0.2, 0) is 0 Å². The molecule has 0 heterocycles. The number of ether oxygens (including phenoxy) is 2. The normalized spacial score (nSPS) is 17.3. The lowest BCUT2D eigenvalue weighted by Gasteiger charge is -2.22. The molecule has 1 aromatic carbocycles. The standard InChI is InChI=1S/C15H20N2O2/c1-2-9-18-13-5-3-4-6-14(13)19-11-15(17,10-16)12-7-8-12/h3-6,12H,2,7-9,11,17H2,1H3.